The fourth-order valence-corrected chi connectivity index (χ4v) is 2.06. The Hall–Kier alpha value is -0.610. The zero-order valence-corrected chi connectivity index (χ0v) is 10.2. The van der Waals surface area contributed by atoms with Gasteiger partial charge in [-0.25, -0.2) is 0 Å². The van der Waals surface area contributed by atoms with E-state index in [4.69, 9.17) is 4.74 Å². The molecule has 2 atom stereocenters. The van der Waals surface area contributed by atoms with Gasteiger partial charge in [0.1, 0.15) is 0 Å². The van der Waals surface area contributed by atoms with E-state index in [0.717, 1.165) is 32.5 Å². The van der Waals surface area contributed by atoms with Crippen LogP contribution < -0.4 is 5.32 Å². The normalized spacial score (nSPS) is 31.4. The number of amides is 1. The minimum atomic E-state index is 0.203. The highest BCUT2D eigenvalue weighted by molar-refractivity contribution is 5.76. The van der Waals surface area contributed by atoms with Crippen LogP contribution in [0.1, 0.15) is 33.1 Å². The number of morpholine rings is 1. The van der Waals surface area contributed by atoms with Crippen LogP contribution in [0.15, 0.2) is 0 Å². The largest absolute Gasteiger partial charge is 0.376 e. The lowest BCUT2D eigenvalue weighted by molar-refractivity contribution is -0.122. The molecule has 1 aliphatic heterocycles. The van der Waals surface area contributed by atoms with Crippen molar-refractivity contribution < 1.29 is 9.53 Å². The summed E-state index contributed by atoms with van der Waals surface area (Å²) in [5, 5.41) is 3.02. The zero-order valence-electron chi connectivity index (χ0n) is 10.2. The van der Waals surface area contributed by atoms with Crippen molar-refractivity contribution in [2.75, 3.05) is 19.7 Å². The number of carbonyl (C=O) groups is 1. The first-order valence-electron chi connectivity index (χ1n) is 6.30. The lowest BCUT2D eigenvalue weighted by atomic mass is 10.2. The third-order valence-electron chi connectivity index (χ3n) is 3.31. The molecule has 1 heterocycles. The molecule has 0 bridgehead atoms. The Balaban J connectivity index is 1.68. The first-order chi connectivity index (χ1) is 7.65. The van der Waals surface area contributed by atoms with Gasteiger partial charge in [-0.15, -0.1) is 0 Å². The standard InChI is InChI=1S/C12H22N2O2/c1-9-8-16-10(2)7-14(9)6-5-12(15)13-11-3-4-11/h9-11H,3-8H2,1-2H3,(H,13,15)/t9-,10-/m1/s1. The Labute approximate surface area is 97.3 Å². The molecule has 0 spiro atoms. The van der Waals surface area contributed by atoms with Gasteiger partial charge in [0, 0.05) is 31.6 Å². The van der Waals surface area contributed by atoms with Gasteiger partial charge in [0.15, 0.2) is 0 Å². The van der Waals surface area contributed by atoms with Gasteiger partial charge >= 0.3 is 0 Å². The van der Waals surface area contributed by atoms with Crippen LogP contribution in [0.4, 0.5) is 0 Å². The van der Waals surface area contributed by atoms with Crippen LogP contribution in [-0.2, 0) is 9.53 Å². The van der Waals surface area contributed by atoms with Crippen LogP contribution in [0.5, 0.6) is 0 Å². The molecular formula is C12H22N2O2. The number of hydrogen-bond donors (Lipinski definition) is 1. The smallest absolute Gasteiger partial charge is 0.221 e. The van der Waals surface area contributed by atoms with Crippen LogP contribution in [-0.4, -0.2) is 48.7 Å². The average Bonchev–Trinajstić information content (AvgIpc) is 3.03. The van der Waals surface area contributed by atoms with E-state index in [0.29, 0.717) is 24.6 Å². The third-order valence-corrected chi connectivity index (χ3v) is 3.31. The Kier molecular flexibility index (Phi) is 3.82. The molecule has 1 saturated heterocycles. The van der Waals surface area contributed by atoms with Crippen LogP contribution >= 0.6 is 0 Å². The summed E-state index contributed by atoms with van der Waals surface area (Å²) in [5.41, 5.74) is 0. The Morgan fingerprint density at radius 3 is 2.88 bits per heavy atom. The lowest BCUT2D eigenvalue weighted by Gasteiger charge is -2.36. The van der Waals surface area contributed by atoms with Crippen molar-refractivity contribution in [1.29, 1.82) is 0 Å². The minimum absolute atomic E-state index is 0.203. The number of ether oxygens (including phenoxy) is 1. The number of nitrogens with zero attached hydrogens (tertiary/aromatic N) is 1. The monoisotopic (exact) mass is 226 g/mol. The van der Waals surface area contributed by atoms with E-state index >= 15 is 0 Å². The number of hydrogen-bond acceptors (Lipinski definition) is 3. The highest BCUT2D eigenvalue weighted by Crippen LogP contribution is 2.18. The van der Waals surface area contributed by atoms with E-state index in [2.05, 4.69) is 24.1 Å². The van der Waals surface area contributed by atoms with Crippen molar-refractivity contribution in [1.82, 2.24) is 10.2 Å². The Morgan fingerprint density at radius 2 is 2.19 bits per heavy atom. The quantitative estimate of drug-likeness (QED) is 0.769. The van der Waals surface area contributed by atoms with Crippen LogP contribution in [0.3, 0.4) is 0 Å². The molecule has 4 nitrogen and oxygen atoms in total. The van der Waals surface area contributed by atoms with Gasteiger partial charge in [-0.05, 0) is 26.7 Å². The van der Waals surface area contributed by atoms with Gasteiger partial charge < -0.3 is 10.1 Å². The molecule has 16 heavy (non-hydrogen) atoms. The van der Waals surface area contributed by atoms with Crippen LogP contribution in [0, 0.1) is 0 Å². The first kappa shape index (κ1) is 11.9. The van der Waals surface area contributed by atoms with Gasteiger partial charge in [0.25, 0.3) is 0 Å². The molecule has 2 rings (SSSR count). The van der Waals surface area contributed by atoms with Gasteiger partial charge in [-0.2, -0.15) is 0 Å². The molecule has 2 aliphatic rings. The number of carbonyl (C=O) groups excluding carboxylic acids is 1. The van der Waals surface area contributed by atoms with Gasteiger partial charge in [-0.3, -0.25) is 9.69 Å². The molecule has 1 aliphatic carbocycles. The number of rotatable bonds is 4. The Morgan fingerprint density at radius 1 is 1.44 bits per heavy atom. The van der Waals surface area contributed by atoms with E-state index in [1.165, 1.54) is 0 Å². The number of nitrogens with one attached hydrogen (secondary N) is 1. The summed E-state index contributed by atoms with van der Waals surface area (Å²) >= 11 is 0. The van der Waals surface area contributed by atoms with Crippen molar-refractivity contribution in [2.24, 2.45) is 0 Å². The zero-order chi connectivity index (χ0) is 11.5. The fourth-order valence-electron chi connectivity index (χ4n) is 2.06. The molecule has 0 aromatic carbocycles. The van der Waals surface area contributed by atoms with Crippen LogP contribution in [0.2, 0.25) is 0 Å². The van der Waals surface area contributed by atoms with Crippen LogP contribution in [0.25, 0.3) is 0 Å². The molecule has 1 N–H and O–H groups in total. The molecule has 4 heteroatoms. The molecule has 0 aromatic rings. The predicted octanol–water partition coefficient (Wildman–Crippen LogP) is 0.764. The maximum absolute atomic E-state index is 11.6. The van der Waals surface area contributed by atoms with E-state index in [1.54, 1.807) is 0 Å². The van der Waals surface area contributed by atoms with Gasteiger partial charge in [0.05, 0.1) is 12.7 Å². The van der Waals surface area contributed by atoms with E-state index < -0.39 is 0 Å². The van der Waals surface area contributed by atoms with Gasteiger partial charge in [0.2, 0.25) is 5.91 Å². The van der Waals surface area contributed by atoms with Crippen molar-refractivity contribution in [3.8, 4) is 0 Å². The maximum Gasteiger partial charge on any atom is 0.221 e. The summed E-state index contributed by atoms with van der Waals surface area (Å²) in [5.74, 6) is 0.203. The van der Waals surface area contributed by atoms with Gasteiger partial charge in [-0.1, -0.05) is 0 Å². The fraction of sp³-hybridized carbons (Fsp3) is 0.917. The highest BCUT2D eigenvalue weighted by atomic mass is 16.5. The van der Waals surface area contributed by atoms with E-state index in [9.17, 15) is 4.79 Å². The maximum atomic E-state index is 11.6. The second-order valence-electron chi connectivity index (χ2n) is 5.08. The third kappa shape index (κ3) is 3.46. The predicted molar refractivity (Wildman–Crippen MR) is 62.2 cm³/mol. The first-order valence-corrected chi connectivity index (χ1v) is 6.30. The molecule has 0 unspecified atom stereocenters. The second-order valence-corrected chi connectivity index (χ2v) is 5.08. The topological polar surface area (TPSA) is 41.6 Å². The van der Waals surface area contributed by atoms with Crippen molar-refractivity contribution in [3.05, 3.63) is 0 Å². The van der Waals surface area contributed by atoms with E-state index in [1.807, 2.05) is 0 Å². The molecule has 1 saturated carbocycles. The molecule has 2 fully saturated rings. The second kappa shape index (κ2) is 5.15. The molecule has 0 radical (unpaired) electrons. The average molecular weight is 226 g/mol. The molecule has 1 amide bonds. The summed E-state index contributed by atoms with van der Waals surface area (Å²) in [6.45, 7) is 6.82. The van der Waals surface area contributed by atoms with Crippen molar-refractivity contribution in [3.63, 3.8) is 0 Å². The molecule has 92 valence electrons. The summed E-state index contributed by atoms with van der Waals surface area (Å²) in [6, 6.07) is 0.915. The highest BCUT2D eigenvalue weighted by Gasteiger charge is 2.26. The SMILES string of the molecule is C[C@@H]1CN(CCC(=O)NC2CC2)[C@H](C)CO1. The summed E-state index contributed by atoms with van der Waals surface area (Å²) in [6.07, 6.45) is 3.24. The van der Waals surface area contributed by atoms with E-state index in [-0.39, 0.29) is 5.91 Å². The lowest BCUT2D eigenvalue weighted by Crippen LogP contribution is -2.48. The molecule has 0 aromatic heterocycles. The van der Waals surface area contributed by atoms with Crippen molar-refractivity contribution in [2.45, 2.75) is 51.3 Å². The summed E-state index contributed by atoms with van der Waals surface area (Å²) < 4.78 is 5.56. The summed E-state index contributed by atoms with van der Waals surface area (Å²) in [4.78, 5) is 13.9. The molecular weight excluding hydrogens is 204 g/mol. The Bertz CT molecular complexity index is 253. The summed E-state index contributed by atoms with van der Waals surface area (Å²) in [7, 11) is 0. The minimum Gasteiger partial charge on any atom is -0.376 e. The van der Waals surface area contributed by atoms with Crippen molar-refractivity contribution >= 4 is 5.91 Å².